The Morgan fingerprint density at radius 2 is 2.28 bits per heavy atom. The van der Waals surface area contributed by atoms with Crippen LogP contribution in [0.15, 0.2) is 24.4 Å². The van der Waals surface area contributed by atoms with Crippen LogP contribution in [0.25, 0.3) is 0 Å². The Bertz CT molecular complexity index is 410. The number of piperazine rings is 1. The van der Waals surface area contributed by atoms with Gasteiger partial charge < -0.3 is 10.0 Å². The lowest BCUT2D eigenvalue weighted by molar-refractivity contribution is -0.145. The van der Waals surface area contributed by atoms with Crippen LogP contribution in [-0.2, 0) is 4.79 Å². The second-order valence-corrected chi connectivity index (χ2v) is 4.84. The zero-order chi connectivity index (χ0) is 13.1. The fraction of sp³-hybridized carbons (Fsp3) is 0.538. The fourth-order valence-electron chi connectivity index (χ4n) is 2.51. The molecule has 0 saturated carbocycles. The van der Waals surface area contributed by atoms with Gasteiger partial charge in [-0.25, -0.2) is 0 Å². The molecule has 5 nitrogen and oxygen atoms in total. The molecule has 1 fully saturated rings. The lowest BCUT2D eigenvalue weighted by Crippen LogP contribution is -2.53. The standard InChI is InChI=1S/C13H19N3O2/c1-10-9-15(2)7-8-16(10)12(13(17)18)11-5-3-4-6-14-11/h3-6,10,12H,7-9H2,1-2H3,(H,17,18). The molecule has 2 atom stereocenters. The molecule has 2 rings (SSSR count). The van der Waals surface area contributed by atoms with Gasteiger partial charge in [0.05, 0.1) is 5.69 Å². The van der Waals surface area contributed by atoms with Crippen LogP contribution in [-0.4, -0.2) is 58.6 Å². The minimum absolute atomic E-state index is 0.215. The van der Waals surface area contributed by atoms with E-state index in [0.717, 1.165) is 19.6 Å². The number of hydrogen-bond donors (Lipinski definition) is 1. The Hall–Kier alpha value is -1.46. The molecular formula is C13H19N3O2. The zero-order valence-corrected chi connectivity index (χ0v) is 10.8. The summed E-state index contributed by atoms with van der Waals surface area (Å²) in [6.07, 6.45) is 1.64. The molecule has 2 unspecified atom stereocenters. The molecule has 98 valence electrons. The van der Waals surface area contributed by atoms with Crippen molar-refractivity contribution in [3.8, 4) is 0 Å². The van der Waals surface area contributed by atoms with E-state index in [4.69, 9.17) is 0 Å². The number of likely N-dealkylation sites (N-methyl/N-ethyl adjacent to an activating group) is 1. The Morgan fingerprint density at radius 3 is 2.83 bits per heavy atom. The molecule has 1 N–H and O–H groups in total. The second kappa shape index (κ2) is 5.46. The van der Waals surface area contributed by atoms with E-state index < -0.39 is 12.0 Å². The average molecular weight is 249 g/mol. The smallest absolute Gasteiger partial charge is 0.327 e. The van der Waals surface area contributed by atoms with Crippen LogP contribution >= 0.6 is 0 Å². The monoisotopic (exact) mass is 249 g/mol. The number of carboxylic acid groups (broad SMARTS) is 1. The van der Waals surface area contributed by atoms with Crippen LogP contribution in [0.2, 0.25) is 0 Å². The van der Waals surface area contributed by atoms with Gasteiger partial charge in [-0.05, 0) is 26.1 Å². The number of rotatable bonds is 3. The molecule has 1 aliphatic rings. The van der Waals surface area contributed by atoms with Gasteiger partial charge in [0.25, 0.3) is 0 Å². The van der Waals surface area contributed by atoms with Crippen molar-refractivity contribution in [2.75, 3.05) is 26.7 Å². The molecule has 1 aromatic rings. The van der Waals surface area contributed by atoms with Crippen LogP contribution in [0.4, 0.5) is 0 Å². The quantitative estimate of drug-likeness (QED) is 0.860. The van der Waals surface area contributed by atoms with Gasteiger partial charge in [-0.3, -0.25) is 14.7 Å². The van der Waals surface area contributed by atoms with Crippen molar-refractivity contribution in [3.05, 3.63) is 30.1 Å². The van der Waals surface area contributed by atoms with Gasteiger partial charge >= 0.3 is 5.97 Å². The highest BCUT2D eigenvalue weighted by molar-refractivity contribution is 5.75. The molecular weight excluding hydrogens is 230 g/mol. The van der Waals surface area contributed by atoms with Crippen LogP contribution in [0.5, 0.6) is 0 Å². The number of aromatic nitrogens is 1. The highest BCUT2D eigenvalue weighted by atomic mass is 16.4. The van der Waals surface area contributed by atoms with E-state index in [2.05, 4.69) is 23.9 Å². The Kier molecular flexibility index (Phi) is 3.93. The minimum atomic E-state index is -0.829. The highest BCUT2D eigenvalue weighted by Crippen LogP contribution is 2.23. The van der Waals surface area contributed by atoms with Crippen LogP contribution < -0.4 is 0 Å². The minimum Gasteiger partial charge on any atom is -0.480 e. The molecule has 1 aromatic heterocycles. The molecule has 0 radical (unpaired) electrons. The first kappa shape index (κ1) is 13.0. The van der Waals surface area contributed by atoms with Gasteiger partial charge in [-0.1, -0.05) is 6.07 Å². The van der Waals surface area contributed by atoms with E-state index in [0.29, 0.717) is 5.69 Å². The van der Waals surface area contributed by atoms with Gasteiger partial charge in [0.15, 0.2) is 6.04 Å². The summed E-state index contributed by atoms with van der Waals surface area (Å²) in [7, 11) is 2.06. The summed E-state index contributed by atoms with van der Waals surface area (Å²) >= 11 is 0. The van der Waals surface area contributed by atoms with Gasteiger partial charge in [-0.2, -0.15) is 0 Å². The topological polar surface area (TPSA) is 56.7 Å². The summed E-state index contributed by atoms with van der Waals surface area (Å²) in [4.78, 5) is 20.0. The predicted octanol–water partition coefficient (Wildman–Crippen LogP) is 0.843. The summed E-state index contributed by atoms with van der Waals surface area (Å²) in [5.74, 6) is -0.829. The third kappa shape index (κ3) is 2.68. The Balaban J connectivity index is 2.23. The summed E-state index contributed by atoms with van der Waals surface area (Å²) in [6, 6.07) is 4.99. The number of carboxylic acids is 1. The van der Waals surface area contributed by atoms with Crippen LogP contribution in [0.3, 0.4) is 0 Å². The maximum atomic E-state index is 11.5. The first-order valence-corrected chi connectivity index (χ1v) is 6.17. The van der Waals surface area contributed by atoms with E-state index in [-0.39, 0.29) is 6.04 Å². The lowest BCUT2D eigenvalue weighted by atomic mass is 10.1. The van der Waals surface area contributed by atoms with Gasteiger partial charge in [0, 0.05) is 31.9 Å². The molecule has 0 aliphatic carbocycles. The molecule has 1 saturated heterocycles. The number of pyridine rings is 1. The third-order valence-electron chi connectivity index (χ3n) is 3.42. The van der Waals surface area contributed by atoms with Crippen LogP contribution in [0.1, 0.15) is 18.7 Å². The third-order valence-corrected chi connectivity index (χ3v) is 3.42. The van der Waals surface area contributed by atoms with E-state index in [1.54, 1.807) is 18.3 Å². The van der Waals surface area contributed by atoms with E-state index >= 15 is 0 Å². The van der Waals surface area contributed by atoms with Crippen molar-refractivity contribution in [2.24, 2.45) is 0 Å². The zero-order valence-electron chi connectivity index (χ0n) is 10.8. The molecule has 18 heavy (non-hydrogen) atoms. The van der Waals surface area contributed by atoms with E-state index in [9.17, 15) is 9.90 Å². The Labute approximate surface area is 107 Å². The summed E-state index contributed by atoms with van der Waals surface area (Å²) in [5.41, 5.74) is 0.612. The number of nitrogens with zero attached hydrogens (tertiary/aromatic N) is 3. The molecule has 1 aliphatic heterocycles. The van der Waals surface area contributed by atoms with Gasteiger partial charge in [0.2, 0.25) is 0 Å². The van der Waals surface area contributed by atoms with Crippen molar-refractivity contribution in [1.29, 1.82) is 0 Å². The molecule has 0 aromatic carbocycles. The summed E-state index contributed by atoms with van der Waals surface area (Å²) < 4.78 is 0. The number of hydrogen-bond acceptors (Lipinski definition) is 4. The van der Waals surface area contributed by atoms with Gasteiger partial charge in [0.1, 0.15) is 0 Å². The largest absolute Gasteiger partial charge is 0.480 e. The average Bonchev–Trinajstić information content (AvgIpc) is 2.33. The van der Waals surface area contributed by atoms with Crippen molar-refractivity contribution in [1.82, 2.24) is 14.8 Å². The van der Waals surface area contributed by atoms with Crippen molar-refractivity contribution in [2.45, 2.75) is 19.0 Å². The van der Waals surface area contributed by atoms with Crippen molar-refractivity contribution >= 4 is 5.97 Å². The number of aliphatic carboxylic acids is 1. The Morgan fingerprint density at radius 1 is 1.50 bits per heavy atom. The maximum Gasteiger partial charge on any atom is 0.327 e. The first-order valence-electron chi connectivity index (χ1n) is 6.17. The fourth-order valence-corrected chi connectivity index (χ4v) is 2.51. The molecule has 2 heterocycles. The lowest BCUT2D eigenvalue weighted by Gasteiger charge is -2.41. The SMILES string of the molecule is CC1CN(C)CCN1C(C(=O)O)c1ccccn1. The van der Waals surface area contributed by atoms with E-state index in [1.165, 1.54) is 0 Å². The highest BCUT2D eigenvalue weighted by Gasteiger charge is 2.34. The summed E-state index contributed by atoms with van der Waals surface area (Å²) in [6.45, 7) is 4.59. The predicted molar refractivity (Wildman–Crippen MR) is 68.3 cm³/mol. The molecule has 0 amide bonds. The maximum absolute atomic E-state index is 11.5. The van der Waals surface area contributed by atoms with Crippen molar-refractivity contribution in [3.63, 3.8) is 0 Å². The number of carbonyl (C=O) groups is 1. The molecule has 0 spiro atoms. The second-order valence-electron chi connectivity index (χ2n) is 4.84. The van der Waals surface area contributed by atoms with Crippen LogP contribution in [0, 0.1) is 0 Å². The normalized spacial score (nSPS) is 23.8. The summed E-state index contributed by atoms with van der Waals surface area (Å²) in [5, 5.41) is 9.47. The van der Waals surface area contributed by atoms with Gasteiger partial charge in [-0.15, -0.1) is 0 Å². The van der Waals surface area contributed by atoms with Crippen molar-refractivity contribution < 1.29 is 9.90 Å². The molecule has 5 heteroatoms. The van der Waals surface area contributed by atoms with E-state index in [1.807, 2.05) is 11.0 Å². The first-order chi connectivity index (χ1) is 8.59. The molecule has 0 bridgehead atoms.